The number of esters is 1. The highest BCUT2D eigenvalue weighted by molar-refractivity contribution is 7.13. The van der Waals surface area contributed by atoms with Crippen molar-refractivity contribution < 1.29 is 19.4 Å². The molecule has 0 saturated heterocycles. The molecule has 1 unspecified atom stereocenters. The Kier molecular flexibility index (Phi) is 8.27. The molecule has 3 heterocycles. The summed E-state index contributed by atoms with van der Waals surface area (Å²) in [5.41, 5.74) is 3.01. The van der Waals surface area contributed by atoms with Crippen LogP contribution in [0.15, 0.2) is 35.2 Å². The third-order valence-corrected chi connectivity index (χ3v) is 11.2. The number of rotatable bonds is 10. The van der Waals surface area contributed by atoms with Crippen molar-refractivity contribution in [3.8, 4) is 0 Å². The Morgan fingerprint density at radius 3 is 2.76 bits per heavy atom. The van der Waals surface area contributed by atoms with Crippen LogP contribution in [0.1, 0.15) is 77.4 Å². The minimum atomic E-state index is -1.76. The van der Waals surface area contributed by atoms with Crippen LogP contribution in [0, 0.1) is 12.8 Å². The number of hydrogen-bond acceptors (Lipinski definition) is 9. The van der Waals surface area contributed by atoms with Gasteiger partial charge in [0.1, 0.15) is 12.4 Å². The molecule has 3 aliphatic carbocycles. The average Bonchev–Trinajstić information content (AvgIpc) is 3.79. The summed E-state index contributed by atoms with van der Waals surface area (Å²) in [4.78, 5) is 29.7. The molecule has 8 nitrogen and oxygen atoms in total. The Labute approximate surface area is 249 Å². The molecule has 3 aliphatic rings. The predicted molar refractivity (Wildman–Crippen MR) is 160 cm³/mol. The zero-order valence-corrected chi connectivity index (χ0v) is 25.4. The number of carbonyl (C=O) groups is 2. The Morgan fingerprint density at radius 2 is 2.05 bits per heavy atom. The fourth-order valence-corrected chi connectivity index (χ4v) is 8.66. The number of hydrogen-bond donors (Lipinski definition) is 1. The number of nitrogens with zero attached hydrogens (tertiary/aromatic N) is 4. The van der Waals surface area contributed by atoms with E-state index < -0.39 is 11.6 Å². The number of carbonyl (C=O) groups excluding carboxylic acids is 2. The van der Waals surface area contributed by atoms with E-state index in [1.165, 1.54) is 39.5 Å². The van der Waals surface area contributed by atoms with Gasteiger partial charge in [-0.2, -0.15) is 0 Å². The first-order valence-corrected chi connectivity index (χ1v) is 16.4. The lowest BCUT2D eigenvalue weighted by molar-refractivity contribution is -0.169. The minimum Gasteiger partial charge on any atom is -0.460 e. The van der Waals surface area contributed by atoms with Gasteiger partial charge < -0.3 is 19.5 Å². The van der Waals surface area contributed by atoms with E-state index in [-0.39, 0.29) is 12.0 Å². The van der Waals surface area contributed by atoms with Crippen molar-refractivity contribution >= 4 is 40.5 Å². The van der Waals surface area contributed by atoms with Crippen molar-refractivity contribution in [2.24, 2.45) is 5.92 Å². The van der Waals surface area contributed by atoms with E-state index >= 15 is 0 Å². The van der Waals surface area contributed by atoms with Gasteiger partial charge in [0.25, 0.3) is 0 Å². The van der Waals surface area contributed by atoms with E-state index in [1.807, 2.05) is 30.5 Å². The second-order valence-electron chi connectivity index (χ2n) is 11.7. The maximum atomic E-state index is 13.4. The summed E-state index contributed by atoms with van der Waals surface area (Å²) < 4.78 is 8.03. The van der Waals surface area contributed by atoms with Gasteiger partial charge in [-0.15, -0.1) is 27.8 Å². The van der Waals surface area contributed by atoms with Crippen LogP contribution in [0.4, 0.5) is 0 Å². The van der Waals surface area contributed by atoms with Crippen LogP contribution in [-0.2, 0) is 32.9 Å². The zero-order chi connectivity index (χ0) is 28.6. The van der Waals surface area contributed by atoms with Gasteiger partial charge in [-0.1, -0.05) is 16.9 Å². The second kappa shape index (κ2) is 11.9. The molecule has 1 saturated carbocycles. The van der Waals surface area contributed by atoms with Crippen LogP contribution in [0.25, 0.3) is 5.57 Å². The van der Waals surface area contributed by atoms with Gasteiger partial charge in [-0.05, 0) is 101 Å². The van der Waals surface area contributed by atoms with E-state index in [0.29, 0.717) is 22.2 Å². The highest BCUT2D eigenvalue weighted by atomic mass is 32.1. The summed E-state index contributed by atoms with van der Waals surface area (Å²) >= 11 is 2.80. The molecule has 1 N–H and O–H groups in total. The lowest BCUT2D eigenvalue weighted by atomic mass is 9.85. The van der Waals surface area contributed by atoms with Crippen LogP contribution >= 0.6 is 22.7 Å². The maximum absolute atomic E-state index is 13.4. The fraction of sp³-hybridized carbons (Fsp3) is 0.548. The number of ether oxygens (including phenoxy) is 1. The molecule has 0 amide bonds. The van der Waals surface area contributed by atoms with Crippen LogP contribution < -0.4 is 0 Å². The fourth-order valence-electron chi connectivity index (χ4n) is 6.81. The molecule has 0 spiro atoms. The van der Waals surface area contributed by atoms with E-state index in [4.69, 9.17) is 4.74 Å². The third-order valence-electron chi connectivity index (χ3n) is 9.07. The number of aryl methyl sites for hydroxylation is 2. The molecule has 0 bridgehead atoms. The molecule has 218 valence electrons. The van der Waals surface area contributed by atoms with Gasteiger partial charge in [-0.3, -0.25) is 0 Å². The number of fused-ring (bicyclic) bond motifs is 2. The van der Waals surface area contributed by atoms with Gasteiger partial charge in [-0.25, -0.2) is 9.48 Å². The highest BCUT2D eigenvalue weighted by Crippen LogP contribution is 2.43. The van der Waals surface area contributed by atoms with Gasteiger partial charge in [0, 0.05) is 29.8 Å². The molecule has 0 aromatic carbocycles. The number of aromatic nitrogens is 3. The number of allylic oxidation sites excluding steroid dienone is 2. The molecule has 0 radical (unpaired) electrons. The third kappa shape index (κ3) is 5.47. The highest BCUT2D eigenvalue weighted by Gasteiger charge is 2.45. The number of aliphatic hydroxyl groups is 1. The number of thiophene rings is 2. The standard InChI is InChI=1S/C31H38N4O4S2/c1-20-9-14-28(41-20)31(38,27-8-4-17-40-27)30(37)39-23-12-10-22(11-13-23)34(2)15-5-16-35-29-25-7-3-6-24(25)21(19-36)18-26(29)32-33-35/h4,8-9,14,17,19,21-23,38H,3,5-7,10-13,15-16,18H2,1-2H3/t21?,22?,23?,31-/m1/s1. The summed E-state index contributed by atoms with van der Waals surface area (Å²) in [6, 6.07) is 7.84. The van der Waals surface area contributed by atoms with Crippen molar-refractivity contribution in [1.29, 1.82) is 0 Å². The first-order valence-electron chi connectivity index (χ1n) is 14.7. The van der Waals surface area contributed by atoms with E-state index in [2.05, 4.69) is 26.9 Å². The van der Waals surface area contributed by atoms with Gasteiger partial charge in [0.15, 0.2) is 0 Å². The molecular weight excluding hydrogens is 556 g/mol. The second-order valence-corrected chi connectivity index (χ2v) is 13.9. The maximum Gasteiger partial charge on any atom is 0.349 e. The van der Waals surface area contributed by atoms with Gasteiger partial charge in [0.05, 0.1) is 21.1 Å². The molecule has 10 heteroatoms. The summed E-state index contributed by atoms with van der Waals surface area (Å²) in [5.74, 6) is -0.593. The van der Waals surface area contributed by atoms with Gasteiger partial charge in [0.2, 0.25) is 5.60 Å². The molecule has 3 aromatic rings. The monoisotopic (exact) mass is 594 g/mol. The summed E-state index contributed by atoms with van der Waals surface area (Å²) in [6.45, 7) is 3.73. The van der Waals surface area contributed by atoms with Crippen molar-refractivity contribution in [2.75, 3.05) is 13.6 Å². The molecular formula is C31H38N4O4S2. The van der Waals surface area contributed by atoms with E-state index in [0.717, 1.165) is 81.3 Å². The van der Waals surface area contributed by atoms with Crippen LogP contribution in [0.5, 0.6) is 0 Å². The average molecular weight is 595 g/mol. The summed E-state index contributed by atoms with van der Waals surface area (Å²) in [7, 11) is 2.18. The quantitative estimate of drug-likeness (QED) is 0.257. The normalized spacial score (nSPS) is 23.8. The Bertz CT molecular complexity index is 1420. The Morgan fingerprint density at radius 1 is 1.22 bits per heavy atom. The summed E-state index contributed by atoms with van der Waals surface area (Å²) in [5, 5.41) is 22.4. The van der Waals surface area contributed by atoms with Gasteiger partial charge >= 0.3 is 5.97 Å². The van der Waals surface area contributed by atoms with Crippen molar-refractivity contribution in [2.45, 2.75) is 89.0 Å². The summed E-state index contributed by atoms with van der Waals surface area (Å²) in [6.07, 6.45) is 9.17. The molecule has 3 aromatic heterocycles. The van der Waals surface area contributed by atoms with E-state index in [1.54, 1.807) is 6.07 Å². The van der Waals surface area contributed by atoms with Crippen molar-refractivity contribution in [3.63, 3.8) is 0 Å². The van der Waals surface area contributed by atoms with Crippen molar-refractivity contribution in [1.82, 2.24) is 19.9 Å². The molecule has 41 heavy (non-hydrogen) atoms. The zero-order valence-electron chi connectivity index (χ0n) is 23.8. The molecule has 6 rings (SSSR count). The molecule has 0 aliphatic heterocycles. The number of aldehydes is 1. The van der Waals surface area contributed by atoms with Crippen molar-refractivity contribution in [3.05, 3.63) is 61.2 Å². The Balaban J connectivity index is 1.01. The van der Waals surface area contributed by atoms with Crippen LogP contribution in [0.3, 0.4) is 0 Å². The lowest BCUT2D eigenvalue weighted by Gasteiger charge is -2.35. The largest absolute Gasteiger partial charge is 0.460 e. The smallest absolute Gasteiger partial charge is 0.349 e. The Hall–Kier alpha value is -2.66. The van der Waals surface area contributed by atoms with E-state index in [9.17, 15) is 14.7 Å². The molecule has 2 atom stereocenters. The lowest BCUT2D eigenvalue weighted by Crippen LogP contribution is -2.42. The molecule has 1 fully saturated rings. The minimum absolute atomic E-state index is 0.0185. The predicted octanol–water partition coefficient (Wildman–Crippen LogP) is 5.13. The first kappa shape index (κ1) is 28.5. The SMILES string of the molecule is Cc1ccc([C@@](O)(C(=O)OC2CCC(N(C)CCCn3nnc4c3C3=C(CCC3)C(C=O)C4)CC2)c2cccs2)s1. The van der Waals surface area contributed by atoms with Crippen LogP contribution in [0.2, 0.25) is 0 Å². The first-order chi connectivity index (χ1) is 19.9. The van der Waals surface area contributed by atoms with Crippen LogP contribution in [-0.4, -0.2) is 63.0 Å². The topological polar surface area (TPSA) is 97.6 Å².